The van der Waals surface area contributed by atoms with Crippen LogP contribution in [0.15, 0.2) is 12.1 Å². The first-order valence-corrected chi connectivity index (χ1v) is 4.21. The number of hydrogen-bond acceptors (Lipinski definition) is 1. The molecule has 0 amide bonds. The van der Waals surface area contributed by atoms with Crippen molar-refractivity contribution in [2.75, 3.05) is 0 Å². The number of benzene rings is 1. The molecule has 72 valence electrons. The Kier molecular flexibility index (Phi) is 2.98. The van der Waals surface area contributed by atoms with Crippen LogP contribution < -0.4 is 5.73 Å². The van der Waals surface area contributed by atoms with Crippen LogP contribution in [-0.4, -0.2) is 6.04 Å². The van der Waals surface area contributed by atoms with Gasteiger partial charge in [0.15, 0.2) is 0 Å². The van der Waals surface area contributed by atoms with Crippen molar-refractivity contribution in [3.63, 3.8) is 0 Å². The molecule has 0 aliphatic rings. The molecule has 13 heavy (non-hydrogen) atoms. The van der Waals surface area contributed by atoms with E-state index in [2.05, 4.69) is 0 Å². The molecular formula is C10H13F2N. The van der Waals surface area contributed by atoms with Gasteiger partial charge in [0, 0.05) is 11.6 Å². The number of halogens is 2. The highest BCUT2D eigenvalue weighted by molar-refractivity contribution is 5.26. The smallest absolute Gasteiger partial charge is 0.132 e. The monoisotopic (exact) mass is 185 g/mol. The van der Waals surface area contributed by atoms with Crippen molar-refractivity contribution < 1.29 is 8.78 Å². The molecule has 0 aliphatic heterocycles. The second-order valence-electron chi connectivity index (χ2n) is 3.33. The first-order valence-electron chi connectivity index (χ1n) is 4.21. The van der Waals surface area contributed by atoms with Gasteiger partial charge in [0.05, 0.1) is 0 Å². The van der Waals surface area contributed by atoms with Crippen LogP contribution in [0.4, 0.5) is 8.78 Å². The maximum Gasteiger partial charge on any atom is 0.132 e. The van der Waals surface area contributed by atoms with Crippen LogP contribution in [0.3, 0.4) is 0 Å². The van der Waals surface area contributed by atoms with E-state index in [-0.39, 0.29) is 11.6 Å². The Bertz CT molecular complexity index is 308. The van der Waals surface area contributed by atoms with Gasteiger partial charge in [0.2, 0.25) is 0 Å². The van der Waals surface area contributed by atoms with Crippen molar-refractivity contribution in [3.8, 4) is 0 Å². The predicted molar refractivity (Wildman–Crippen MR) is 48.4 cm³/mol. The van der Waals surface area contributed by atoms with Gasteiger partial charge in [-0.1, -0.05) is 6.07 Å². The SMILES string of the molecule is Cc1c(F)ccc(CC(C)N)c1F. The first-order chi connectivity index (χ1) is 6.02. The Morgan fingerprint density at radius 3 is 2.54 bits per heavy atom. The zero-order valence-electron chi connectivity index (χ0n) is 7.77. The van der Waals surface area contributed by atoms with Gasteiger partial charge in [0.25, 0.3) is 0 Å². The van der Waals surface area contributed by atoms with Crippen molar-refractivity contribution in [2.24, 2.45) is 5.73 Å². The topological polar surface area (TPSA) is 26.0 Å². The summed E-state index contributed by atoms with van der Waals surface area (Å²) in [5.41, 5.74) is 6.07. The van der Waals surface area contributed by atoms with Crippen molar-refractivity contribution >= 4 is 0 Å². The summed E-state index contributed by atoms with van der Waals surface area (Å²) >= 11 is 0. The van der Waals surface area contributed by atoms with Gasteiger partial charge >= 0.3 is 0 Å². The standard InChI is InChI=1S/C10H13F2N/c1-6(13)5-8-3-4-9(11)7(2)10(8)12/h3-4,6H,5,13H2,1-2H3. The minimum absolute atomic E-state index is 0.0677. The van der Waals surface area contributed by atoms with Gasteiger partial charge in [-0.05, 0) is 31.9 Å². The van der Waals surface area contributed by atoms with E-state index < -0.39 is 11.6 Å². The molecule has 0 spiro atoms. The van der Waals surface area contributed by atoms with Gasteiger partial charge in [0.1, 0.15) is 11.6 Å². The van der Waals surface area contributed by atoms with Gasteiger partial charge in [-0.2, -0.15) is 0 Å². The highest BCUT2D eigenvalue weighted by Gasteiger charge is 2.10. The third kappa shape index (κ3) is 2.25. The van der Waals surface area contributed by atoms with Crippen LogP contribution in [0.5, 0.6) is 0 Å². The van der Waals surface area contributed by atoms with E-state index in [0.717, 1.165) is 0 Å². The molecule has 0 radical (unpaired) electrons. The molecule has 0 fully saturated rings. The van der Waals surface area contributed by atoms with Crippen LogP contribution in [0.1, 0.15) is 18.1 Å². The lowest BCUT2D eigenvalue weighted by Crippen LogP contribution is -2.18. The summed E-state index contributed by atoms with van der Waals surface area (Å²) in [7, 11) is 0. The Morgan fingerprint density at radius 2 is 2.00 bits per heavy atom. The number of hydrogen-bond donors (Lipinski definition) is 1. The molecule has 0 saturated heterocycles. The minimum atomic E-state index is -0.508. The molecule has 0 aromatic heterocycles. The average molecular weight is 185 g/mol. The number of rotatable bonds is 2. The molecule has 0 bridgehead atoms. The lowest BCUT2D eigenvalue weighted by atomic mass is 10.0. The largest absolute Gasteiger partial charge is 0.328 e. The Hall–Kier alpha value is -0.960. The van der Waals surface area contributed by atoms with Gasteiger partial charge in [-0.3, -0.25) is 0 Å². The van der Waals surface area contributed by atoms with Crippen LogP contribution in [0.25, 0.3) is 0 Å². The van der Waals surface area contributed by atoms with E-state index >= 15 is 0 Å². The van der Waals surface area contributed by atoms with Crippen LogP contribution >= 0.6 is 0 Å². The van der Waals surface area contributed by atoms with E-state index in [4.69, 9.17) is 5.73 Å². The quantitative estimate of drug-likeness (QED) is 0.750. The third-order valence-corrected chi connectivity index (χ3v) is 1.94. The maximum absolute atomic E-state index is 13.3. The molecule has 0 saturated carbocycles. The Balaban J connectivity index is 3.04. The average Bonchev–Trinajstić information content (AvgIpc) is 2.06. The zero-order valence-corrected chi connectivity index (χ0v) is 7.77. The summed E-state index contributed by atoms with van der Waals surface area (Å²) in [5.74, 6) is -0.983. The Labute approximate surface area is 76.6 Å². The minimum Gasteiger partial charge on any atom is -0.328 e. The normalized spacial score (nSPS) is 13.0. The molecule has 0 heterocycles. The lowest BCUT2D eigenvalue weighted by molar-refractivity contribution is 0.551. The Morgan fingerprint density at radius 1 is 1.38 bits per heavy atom. The highest BCUT2D eigenvalue weighted by Crippen LogP contribution is 2.16. The van der Waals surface area contributed by atoms with E-state index in [1.165, 1.54) is 19.1 Å². The van der Waals surface area contributed by atoms with Crippen LogP contribution in [0, 0.1) is 18.6 Å². The van der Waals surface area contributed by atoms with Gasteiger partial charge in [-0.25, -0.2) is 8.78 Å². The summed E-state index contributed by atoms with van der Waals surface area (Å²) in [5, 5.41) is 0. The summed E-state index contributed by atoms with van der Waals surface area (Å²) in [6.45, 7) is 3.22. The second-order valence-corrected chi connectivity index (χ2v) is 3.33. The highest BCUT2D eigenvalue weighted by atomic mass is 19.1. The molecular weight excluding hydrogens is 172 g/mol. The van der Waals surface area contributed by atoms with Gasteiger partial charge < -0.3 is 5.73 Å². The molecule has 1 unspecified atom stereocenters. The summed E-state index contributed by atoms with van der Waals surface area (Å²) < 4.78 is 26.2. The van der Waals surface area contributed by atoms with Crippen molar-refractivity contribution in [1.82, 2.24) is 0 Å². The van der Waals surface area contributed by atoms with E-state index in [1.807, 2.05) is 0 Å². The lowest BCUT2D eigenvalue weighted by Gasteiger charge is -2.08. The number of nitrogens with two attached hydrogens (primary N) is 1. The summed E-state index contributed by atoms with van der Waals surface area (Å²) in [6.07, 6.45) is 0.437. The molecule has 0 aliphatic carbocycles. The maximum atomic E-state index is 13.3. The first kappa shape index (κ1) is 10.1. The third-order valence-electron chi connectivity index (χ3n) is 1.94. The molecule has 2 N–H and O–H groups in total. The summed E-state index contributed by atoms with van der Waals surface area (Å²) in [6, 6.07) is 2.61. The summed E-state index contributed by atoms with van der Waals surface area (Å²) in [4.78, 5) is 0. The fourth-order valence-corrected chi connectivity index (χ4v) is 1.22. The molecule has 3 heteroatoms. The molecule has 1 atom stereocenters. The second kappa shape index (κ2) is 3.83. The molecule has 1 aromatic rings. The van der Waals surface area contributed by atoms with E-state index in [0.29, 0.717) is 12.0 Å². The van der Waals surface area contributed by atoms with E-state index in [1.54, 1.807) is 6.92 Å². The van der Waals surface area contributed by atoms with Crippen molar-refractivity contribution in [1.29, 1.82) is 0 Å². The van der Waals surface area contributed by atoms with Crippen molar-refractivity contribution in [3.05, 3.63) is 34.9 Å². The fourth-order valence-electron chi connectivity index (χ4n) is 1.22. The van der Waals surface area contributed by atoms with Gasteiger partial charge in [-0.15, -0.1) is 0 Å². The van der Waals surface area contributed by atoms with Crippen LogP contribution in [-0.2, 0) is 6.42 Å². The van der Waals surface area contributed by atoms with E-state index in [9.17, 15) is 8.78 Å². The molecule has 1 rings (SSSR count). The van der Waals surface area contributed by atoms with Crippen LogP contribution in [0.2, 0.25) is 0 Å². The predicted octanol–water partition coefficient (Wildman–Crippen LogP) is 2.16. The fraction of sp³-hybridized carbons (Fsp3) is 0.400. The molecule has 1 nitrogen and oxygen atoms in total. The molecule has 1 aromatic carbocycles. The van der Waals surface area contributed by atoms with Crippen molar-refractivity contribution in [2.45, 2.75) is 26.3 Å². The zero-order chi connectivity index (χ0) is 10.0.